The minimum absolute atomic E-state index is 0.252. The lowest BCUT2D eigenvalue weighted by Crippen LogP contribution is -2.48. The zero-order valence-corrected chi connectivity index (χ0v) is 25.0. The van der Waals surface area contributed by atoms with E-state index in [1.807, 2.05) is 0 Å². The van der Waals surface area contributed by atoms with Crippen LogP contribution in [0.3, 0.4) is 0 Å². The first kappa shape index (κ1) is 28.2. The SMILES string of the molecule is CCCC(NC(C)C)c1cccc(OCC[C@]23C=CC4=C5CCC6(C=C5CCC4C2CC[C@]3(C)O)OCCO6)c1. The first-order valence-electron chi connectivity index (χ1n) is 15.9. The van der Waals surface area contributed by atoms with Gasteiger partial charge in [-0.05, 0) is 104 Å². The summed E-state index contributed by atoms with van der Waals surface area (Å²) in [5.41, 5.74) is 4.77. The average molecular weight is 548 g/mol. The minimum Gasteiger partial charge on any atom is -0.494 e. The smallest absolute Gasteiger partial charge is 0.188 e. The van der Waals surface area contributed by atoms with Crippen molar-refractivity contribution in [3.05, 3.63) is 64.8 Å². The van der Waals surface area contributed by atoms with E-state index in [2.05, 4.69) is 75.5 Å². The van der Waals surface area contributed by atoms with Gasteiger partial charge in [-0.25, -0.2) is 0 Å². The van der Waals surface area contributed by atoms with Crippen molar-refractivity contribution < 1.29 is 19.3 Å². The molecule has 1 aliphatic heterocycles. The first-order valence-corrected chi connectivity index (χ1v) is 15.9. The van der Waals surface area contributed by atoms with Gasteiger partial charge in [0.2, 0.25) is 0 Å². The summed E-state index contributed by atoms with van der Waals surface area (Å²) >= 11 is 0. The summed E-state index contributed by atoms with van der Waals surface area (Å²) in [6.07, 6.45) is 16.2. The van der Waals surface area contributed by atoms with Crippen LogP contribution in [0, 0.1) is 17.3 Å². The van der Waals surface area contributed by atoms with Gasteiger partial charge in [-0.1, -0.05) is 51.5 Å². The molecule has 4 aliphatic carbocycles. The van der Waals surface area contributed by atoms with E-state index in [4.69, 9.17) is 14.2 Å². The van der Waals surface area contributed by atoms with Crippen LogP contribution in [-0.2, 0) is 9.47 Å². The summed E-state index contributed by atoms with van der Waals surface area (Å²) in [6, 6.07) is 9.38. The molecule has 2 fully saturated rings. The third-order valence-corrected chi connectivity index (χ3v) is 10.6. The number of hydrogen-bond donors (Lipinski definition) is 2. The van der Waals surface area contributed by atoms with Crippen molar-refractivity contribution in [1.82, 2.24) is 5.32 Å². The fourth-order valence-corrected chi connectivity index (χ4v) is 8.63. The molecule has 3 unspecified atom stereocenters. The van der Waals surface area contributed by atoms with Crippen LogP contribution >= 0.6 is 0 Å². The maximum absolute atomic E-state index is 11.8. The predicted molar refractivity (Wildman–Crippen MR) is 159 cm³/mol. The molecule has 0 aromatic heterocycles. The van der Waals surface area contributed by atoms with Gasteiger partial charge >= 0.3 is 0 Å². The van der Waals surface area contributed by atoms with Crippen LogP contribution in [0.1, 0.15) is 97.1 Å². The van der Waals surface area contributed by atoms with Gasteiger partial charge in [-0.3, -0.25) is 0 Å². The number of nitrogens with one attached hydrogen (secondary N) is 1. The van der Waals surface area contributed by atoms with Gasteiger partial charge in [-0.2, -0.15) is 0 Å². The van der Waals surface area contributed by atoms with Crippen molar-refractivity contribution in [3.8, 4) is 5.75 Å². The van der Waals surface area contributed by atoms with E-state index in [0.717, 1.165) is 63.5 Å². The summed E-state index contributed by atoms with van der Waals surface area (Å²) in [4.78, 5) is 0. The zero-order chi connectivity index (χ0) is 28.0. The van der Waals surface area contributed by atoms with Crippen molar-refractivity contribution in [2.24, 2.45) is 17.3 Å². The summed E-state index contributed by atoms with van der Waals surface area (Å²) in [5, 5.41) is 15.5. The Morgan fingerprint density at radius 3 is 2.73 bits per heavy atom. The normalized spacial score (nSPS) is 33.1. The molecule has 6 rings (SSSR count). The van der Waals surface area contributed by atoms with Gasteiger partial charge in [-0.15, -0.1) is 0 Å². The van der Waals surface area contributed by atoms with Gasteiger partial charge in [0.15, 0.2) is 5.79 Å². The predicted octanol–water partition coefficient (Wildman–Crippen LogP) is 7.18. The van der Waals surface area contributed by atoms with Crippen LogP contribution in [0.25, 0.3) is 0 Å². The molecule has 1 aromatic rings. The molecular weight excluding hydrogens is 498 g/mol. The highest BCUT2D eigenvalue weighted by molar-refractivity contribution is 5.50. The van der Waals surface area contributed by atoms with Gasteiger partial charge in [0.1, 0.15) is 5.75 Å². The summed E-state index contributed by atoms with van der Waals surface area (Å²) in [6.45, 7) is 10.7. The molecule has 5 atom stereocenters. The number of aliphatic hydroxyl groups is 1. The van der Waals surface area contributed by atoms with Crippen molar-refractivity contribution in [2.75, 3.05) is 19.8 Å². The number of rotatable bonds is 9. The molecule has 0 amide bonds. The van der Waals surface area contributed by atoms with E-state index in [9.17, 15) is 5.11 Å². The fraction of sp³-hybridized carbons (Fsp3) is 0.657. The van der Waals surface area contributed by atoms with E-state index >= 15 is 0 Å². The summed E-state index contributed by atoms with van der Waals surface area (Å²) < 4.78 is 18.5. The Labute approximate surface area is 241 Å². The van der Waals surface area contributed by atoms with Crippen LogP contribution < -0.4 is 10.1 Å². The van der Waals surface area contributed by atoms with Crippen LogP contribution in [0.4, 0.5) is 0 Å². The molecule has 1 saturated heterocycles. The topological polar surface area (TPSA) is 60.0 Å². The fourth-order valence-electron chi connectivity index (χ4n) is 8.63. The van der Waals surface area contributed by atoms with Crippen molar-refractivity contribution in [2.45, 2.75) is 109 Å². The highest BCUT2D eigenvalue weighted by Crippen LogP contribution is 2.62. The van der Waals surface area contributed by atoms with E-state index < -0.39 is 11.4 Å². The molecule has 0 radical (unpaired) electrons. The second-order valence-electron chi connectivity index (χ2n) is 13.4. The Kier molecular flexibility index (Phi) is 7.80. The molecular formula is C35H49NO4. The monoisotopic (exact) mass is 547 g/mol. The zero-order valence-electron chi connectivity index (χ0n) is 25.0. The number of benzene rings is 1. The minimum atomic E-state index is -0.721. The van der Waals surface area contributed by atoms with Crippen LogP contribution in [0.15, 0.2) is 59.2 Å². The van der Waals surface area contributed by atoms with E-state index in [-0.39, 0.29) is 5.41 Å². The van der Waals surface area contributed by atoms with E-state index in [1.165, 1.54) is 22.3 Å². The highest BCUT2D eigenvalue weighted by Gasteiger charge is 2.59. The summed E-state index contributed by atoms with van der Waals surface area (Å²) in [7, 11) is 0. The number of allylic oxidation sites excluding steroid dienone is 4. The largest absolute Gasteiger partial charge is 0.494 e. The molecule has 1 heterocycles. The molecule has 40 heavy (non-hydrogen) atoms. The van der Waals surface area contributed by atoms with Gasteiger partial charge in [0, 0.05) is 23.9 Å². The number of fused-ring (bicyclic) bond motifs is 4. The maximum atomic E-state index is 11.8. The van der Waals surface area contributed by atoms with Gasteiger partial charge in [0.05, 0.1) is 25.4 Å². The van der Waals surface area contributed by atoms with Crippen molar-refractivity contribution >= 4 is 0 Å². The average Bonchev–Trinajstić information content (AvgIpc) is 3.49. The Morgan fingerprint density at radius 2 is 1.95 bits per heavy atom. The number of hydrogen-bond acceptors (Lipinski definition) is 5. The Balaban J connectivity index is 1.21. The molecule has 0 bridgehead atoms. The molecule has 1 spiro atoms. The number of ether oxygens (including phenoxy) is 3. The molecule has 1 saturated carbocycles. The quantitative estimate of drug-likeness (QED) is 0.343. The van der Waals surface area contributed by atoms with Crippen LogP contribution in [0.5, 0.6) is 5.75 Å². The van der Waals surface area contributed by atoms with Gasteiger partial charge in [0.25, 0.3) is 0 Å². The third-order valence-electron chi connectivity index (χ3n) is 10.6. The Morgan fingerprint density at radius 1 is 1.12 bits per heavy atom. The molecule has 218 valence electrons. The molecule has 2 N–H and O–H groups in total. The molecule has 5 heteroatoms. The first-order chi connectivity index (χ1) is 19.3. The maximum Gasteiger partial charge on any atom is 0.188 e. The molecule has 5 nitrogen and oxygen atoms in total. The Bertz CT molecular complexity index is 1170. The second-order valence-corrected chi connectivity index (χ2v) is 13.4. The van der Waals surface area contributed by atoms with Crippen molar-refractivity contribution in [1.29, 1.82) is 0 Å². The lowest BCUT2D eigenvalue weighted by molar-refractivity contribution is -0.123. The molecule has 1 aromatic carbocycles. The highest BCUT2D eigenvalue weighted by atomic mass is 16.7. The standard InChI is InChI=1S/C35H49NO4/c1-5-7-32(36-24(2)3)25-8-6-9-27(22-25)38-19-18-34-16-12-29-28-13-17-35(39-20-21-40-35)23-26(28)10-11-30(29)31(34)14-15-33(34,4)37/h6,8-9,12,16,22-24,30-32,36-37H,5,7,10-11,13-15,17-21H2,1-4H3/t30?,31?,32?,33-,34+/m0/s1. The second kappa shape index (κ2) is 11.1. The lowest BCUT2D eigenvalue weighted by Gasteiger charge is -2.50. The molecule has 5 aliphatic rings. The van der Waals surface area contributed by atoms with Crippen LogP contribution in [0.2, 0.25) is 0 Å². The van der Waals surface area contributed by atoms with Gasteiger partial charge < -0.3 is 24.6 Å². The lowest BCUT2D eigenvalue weighted by atomic mass is 9.56. The Hall–Kier alpha value is -1.92. The van der Waals surface area contributed by atoms with E-state index in [1.54, 1.807) is 0 Å². The van der Waals surface area contributed by atoms with E-state index in [0.29, 0.717) is 43.7 Å². The summed E-state index contributed by atoms with van der Waals surface area (Å²) in [5.74, 6) is 1.40. The third kappa shape index (κ3) is 5.02. The van der Waals surface area contributed by atoms with Crippen LogP contribution in [-0.4, -0.2) is 42.4 Å². The van der Waals surface area contributed by atoms with Crippen molar-refractivity contribution in [3.63, 3.8) is 0 Å².